The van der Waals surface area contributed by atoms with E-state index in [2.05, 4.69) is 95.8 Å². The molecular formula is C33H47N3O2. The summed E-state index contributed by atoms with van der Waals surface area (Å²) in [4.78, 5) is 19.5. The quantitative estimate of drug-likeness (QED) is 0.359. The van der Waals surface area contributed by atoms with Crippen molar-refractivity contribution in [2.45, 2.75) is 70.4 Å². The summed E-state index contributed by atoms with van der Waals surface area (Å²) in [6.45, 7) is 14.8. The molecule has 4 rings (SSSR count). The Bertz CT molecular complexity index is 1000. The molecule has 0 radical (unpaired) electrons. The molecule has 0 spiro atoms. The number of piperidine rings is 1. The molecule has 2 aliphatic rings. The summed E-state index contributed by atoms with van der Waals surface area (Å²) in [6, 6.07) is 21.7. The highest BCUT2D eigenvalue weighted by atomic mass is 16.4. The molecule has 0 saturated carbocycles. The molecule has 5 heteroatoms. The van der Waals surface area contributed by atoms with E-state index in [1.54, 1.807) is 0 Å². The SMILES string of the molecule is C=C(CCc1ccccc1)N(CC)C1CCN(CC2CN(C(CCC)C(=O)O)CC2c2ccccc2)CC1. The average molecular weight is 518 g/mol. The Labute approximate surface area is 230 Å². The van der Waals surface area contributed by atoms with Gasteiger partial charge in [0.25, 0.3) is 0 Å². The van der Waals surface area contributed by atoms with E-state index >= 15 is 0 Å². The number of rotatable bonds is 13. The van der Waals surface area contributed by atoms with Gasteiger partial charge in [0.1, 0.15) is 6.04 Å². The maximum Gasteiger partial charge on any atom is 0.320 e. The first-order valence-electron chi connectivity index (χ1n) is 14.7. The van der Waals surface area contributed by atoms with E-state index in [4.69, 9.17) is 0 Å². The van der Waals surface area contributed by atoms with Gasteiger partial charge in [-0.1, -0.05) is 80.6 Å². The van der Waals surface area contributed by atoms with Crippen LogP contribution in [0.1, 0.15) is 63.0 Å². The van der Waals surface area contributed by atoms with Crippen LogP contribution >= 0.6 is 0 Å². The fourth-order valence-electron chi connectivity index (χ4n) is 6.72. The molecule has 0 amide bonds. The summed E-state index contributed by atoms with van der Waals surface area (Å²) >= 11 is 0. The smallest absolute Gasteiger partial charge is 0.320 e. The van der Waals surface area contributed by atoms with Crippen LogP contribution in [0.25, 0.3) is 0 Å². The van der Waals surface area contributed by atoms with Gasteiger partial charge in [0.15, 0.2) is 0 Å². The first-order valence-corrected chi connectivity index (χ1v) is 14.7. The number of likely N-dealkylation sites (tertiary alicyclic amines) is 2. The Kier molecular flexibility index (Phi) is 10.4. The van der Waals surface area contributed by atoms with E-state index in [-0.39, 0.29) is 6.04 Å². The van der Waals surface area contributed by atoms with E-state index in [1.165, 1.54) is 16.8 Å². The molecule has 2 heterocycles. The average Bonchev–Trinajstić information content (AvgIpc) is 3.36. The number of carboxylic acids is 1. The number of allylic oxidation sites excluding steroid dienone is 1. The van der Waals surface area contributed by atoms with Crippen molar-refractivity contribution in [1.29, 1.82) is 0 Å². The summed E-state index contributed by atoms with van der Waals surface area (Å²) in [6.07, 6.45) is 6.00. The van der Waals surface area contributed by atoms with E-state index < -0.39 is 5.97 Å². The van der Waals surface area contributed by atoms with Gasteiger partial charge in [0.05, 0.1) is 0 Å². The van der Waals surface area contributed by atoms with E-state index in [1.807, 2.05) is 0 Å². The van der Waals surface area contributed by atoms with Crippen LogP contribution in [-0.2, 0) is 11.2 Å². The molecule has 1 N–H and O–H groups in total. The second kappa shape index (κ2) is 14.0. The molecule has 2 saturated heterocycles. The molecule has 2 aromatic carbocycles. The van der Waals surface area contributed by atoms with Crippen LogP contribution in [0.5, 0.6) is 0 Å². The third-order valence-electron chi connectivity index (χ3n) is 8.77. The van der Waals surface area contributed by atoms with Crippen molar-refractivity contribution in [1.82, 2.24) is 14.7 Å². The van der Waals surface area contributed by atoms with Crippen LogP contribution in [0.2, 0.25) is 0 Å². The molecule has 2 aromatic rings. The molecule has 3 atom stereocenters. The maximum atomic E-state index is 12.1. The number of nitrogens with zero attached hydrogens (tertiary/aromatic N) is 3. The third kappa shape index (κ3) is 7.27. The van der Waals surface area contributed by atoms with Crippen molar-refractivity contribution < 1.29 is 9.90 Å². The second-order valence-corrected chi connectivity index (χ2v) is 11.2. The van der Waals surface area contributed by atoms with Crippen molar-refractivity contribution in [3.05, 3.63) is 84.1 Å². The van der Waals surface area contributed by atoms with Crippen molar-refractivity contribution in [3.8, 4) is 0 Å². The predicted molar refractivity (Wildman–Crippen MR) is 156 cm³/mol. The number of aliphatic carboxylic acids is 1. The van der Waals surface area contributed by atoms with E-state index in [9.17, 15) is 9.90 Å². The van der Waals surface area contributed by atoms with Crippen molar-refractivity contribution in [2.75, 3.05) is 39.3 Å². The van der Waals surface area contributed by atoms with Crippen LogP contribution in [0.4, 0.5) is 0 Å². The summed E-state index contributed by atoms with van der Waals surface area (Å²) in [5, 5.41) is 9.92. The summed E-state index contributed by atoms with van der Waals surface area (Å²) < 4.78 is 0. The minimum atomic E-state index is -0.674. The van der Waals surface area contributed by atoms with Crippen molar-refractivity contribution in [3.63, 3.8) is 0 Å². The Morgan fingerprint density at radius 1 is 1.03 bits per heavy atom. The normalized spacial score (nSPS) is 21.8. The van der Waals surface area contributed by atoms with Gasteiger partial charge in [-0.3, -0.25) is 9.69 Å². The highest BCUT2D eigenvalue weighted by molar-refractivity contribution is 5.73. The van der Waals surface area contributed by atoms with Crippen LogP contribution in [-0.4, -0.2) is 77.1 Å². The number of hydrogen-bond acceptors (Lipinski definition) is 4. The van der Waals surface area contributed by atoms with Gasteiger partial charge in [-0.05, 0) is 56.1 Å². The lowest BCUT2D eigenvalue weighted by Gasteiger charge is -2.41. The molecule has 2 fully saturated rings. The first-order chi connectivity index (χ1) is 18.5. The number of carboxylic acid groups (broad SMARTS) is 1. The number of aryl methyl sites for hydroxylation is 1. The molecule has 2 aliphatic heterocycles. The van der Waals surface area contributed by atoms with E-state index in [0.29, 0.717) is 17.9 Å². The highest BCUT2D eigenvalue weighted by Gasteiger charge is 2.40. The zero-order chi connectivity index (χ0) is 26.9. The minimum absolute atomic E-state index is 0.373. The summed E-state index contributed by atoms with van der Waals surface area (Å²) in [5.74, 6) is 0.167. The third-order valence-corrected chi connectivity index (χ3v) is 8.77. The molecule has 206 valence electrons. The Balaban J connectivity index is 1.34. The minimum Gasteiger partial charge on any atom is -0.480 e. The summed E-state index contributed by atoms with van der Waals surface area (Å²) in [5.41, 5.74) is 3.99. The Morgan fingerprint density at radius 2 is 1.68 bits per heavy atom. The Morgan fingerprint density at radius 3 is 2.29 bits per heavy atom. The molecule has 3 unspecified atom stereocenters. The van der Waals surface area contributed by atoms with Gasteiger partial charge < -0.3 is 14.9 Å². The van der Waals surface area contributed by atoms with Crippen LogP contribution in [0.15, 0.2) is 72.9 Å². The van der Waals surface area contributed by atoms with Crippen molar-refractivity contribution in [2.24, 2.45) is 5.92 Å². The largest absolute Gasteiger partial charge is 0.480 e. The fourth-order valence-corrected chi connectivity index (χ4v) is 6.72. The molecule has 0 aliphatic carbocycles. The zero-order valence-electron chi connectivity index (χ0n) is 23.5. The van der Waals surface area contributed by atoms with Crippen LogP contribution < -0.4 is 0 Å². The molecule has 0 aromatic heterocycles. The maximum absolute atomic E-state index is 12.1. The second-order valence-electron chi connectivity index (χ2n) is 11.2. The number of carbonyl (C=O) groups is 1. The first kappa shape index (κ1) is 28.4. The highest BCUT2D eigenvalue weighted by Crippen LogP contribution is 2.36. The van der Waals surface area contributed by atoms with Gasteiger partial charge in [0, 0.05) is 56.9 Å². The topological polar surface area (TPSA) is 47.0 Å². The van der Waals surface area contributed by atoms with Gasteiger partial charge in [0.2, 0.25) is 0 Å². The summed E-state index contributed by atoms with van der Waals surface area (Å²) in [7, 11) is 0. The predicted octanol–water partition coefficient (Wildman–Crippen LogP) is 5.89. The molecule has 38 heavy (non-hydrogen) atoms. The van der Waals surface area contributed by atoms with E-state index in [0.717, 1.165) is 77.8 Å². The zero-order valence-corrected chi connectivity index (χ0v) is 23.5. The van der Waals surface area contributed by atoms with Gasteiger partial charge in [-0.25, -0.2) is 0 Å². The Hall–Kier alpha value is -2.63. The van der Waals surface area contributed by atoms with Gasteiger partial charge in [-0.15, -0.1) is 0 Å². The lowest BCUT2D eigenvalue weighted by molar-refractivity contribution is -0.143. The monoisotopic (exact) mass is 517 g/mol. The van der Waals surface area contributed by atoms with Crippen molar-refractivity contribution >= 4 is 5.97 Å². The lowest BCUT2D eigenvalue weighted by atomic mass is 9.88. The number of hydrogen-bond donors (Lipinski definition) is 1. The van der Waals surface area contributed by atoms with Crippen LogP contribution in [0.3, 0.4) is 0 Å². The number of benzene rings is 2. The molecular weight excluding hydrogens is 470 g/mol. The lowest BCUT2D eigenvalue weighted by Crippen LogP contribution is -2.46. The standard InChI is InChI=1S/C33H47N3O2/c1-4-12-32(33(37)38)35-24-29(31(25-35)28-15-10-7-11-16-28)23-34-21-19-30(20-22-34)36(5-2)26(3)17-18-27-13-8-6-9-14-27/h6-11,13-16,29-32H,3-5,12,17-25H2,1-2H3,(H,37,38). The van der Waals surface area contributed by atoms with Gasteiger partial charge >= 0.3 is 5.97 Å². The fraction of sp³-hybridized carbons (Fsp3) is 0.545. The van der Waals surface area contributed by atoms with Crippen LogP contribution in [0, 0.1) is 5.92 Å². The van der Waals surface area contributed by atoms with Gasteiger partial charge in [-0.2, -0.15) is 0 Å². The molecule has 0 bridgehead atoms. The molecule has 5 nitrogen and oxygen atoms in total.